The van der Waals surface area contributed by atoms with Crippen molar-refractivity contribution in [3.05, 3.63) is 47.8 Å². The van der Waals surface area contributed by atoms with Crippen LogP contribution in [0.1, 0.15) is 42.4 Å². The summed E-state index contributed by atoms with van der Waals surface area (Å²) >= 11 is 0. The van der Waals surface area contributed by atoms with Gasteiger partial charge in [-0.15, -0.1) is 0 Å². The number of pyridine rings is 1. The molecule has 8 nitrogen and oxygen atoms in total. The Morgan fingerprint density at radius 2 is 1.93 bits per heavy atom. The second kappa shape index (κ2) is 7.14. The minimum atomic E-state index is -3.22. The van der Waals surface area contributed by atoms with E-state index in [1.807, 2.05) is 20.8 Å². The molecule has 3 heterocycles. The van der Waals surface area contributed by atoms with Crippen LogP contribution >= 0.6 is 0 Å². The number of sulfonamides is 1. The summed E-state index contributed by atoms with van der Waals surface area (Å²) in [7, 11) is -3.22. The summed E-state index contributed by atoms with van der Waals surface area (Å²) < 4.78 is 27.3. The summed E-state index contributed by atoms with van der Waals surface area (Å²) in [6, 6.07) is 8.72. The molecular formula is C20H23N5O3S. The molecule has 29 heavy (non-hydrogen) atoms. The quantitative estimate of drug-likeness (QED) is 0.709. The molecule has 0 unspecified atom stereocenters. The van der Waals surface area contributed by atoms with Crippen LogP contribution in [0.15, 0.2) is 36.5 Å². The maximum absolute atomic E-state index is 12.9. The van der Waals surface area contributed by atoms with Gasteiger partial charge in [0.15, 0.2) is 5.65 Å². The fraction of sp³-hybridized carbons (Fsp3) is 0.350. The van der Waals surface area contributed by atoms with E-state index in [2.05, 4.69) is 15.4 Å². The SMILES string of the molecule is Cc1cc(C(=O)Nc2ccc(N3CCCS3(=O)=O)cc2)c2cnn(C(C)C)c2n1. The Morgan fingerprint density at radius 1 is 1.21 bits per heavy atom. The number of carbonyl (C=O) groups excluding carboxylic acids is 1. The van der Waals surface area contributed by atoms with E-state index in [1.165, 1.54) is 4.31 Å². The van der Waals surface area contributed by atoms with Gasteiger partial charge in [-0.05, 0) is 57.5 Å². The minimum absolute atomic E-state index is 0.132. The number of aromatic nitrogens is 3. The zero-order valence-corrected chi connectivity index (χ0v) is 17.4. The van der Waals surface area contributed by atoms with E-state index in [-0.39, 0.29) is 17.7 Å². The highest BCUT2D eigenvalue weighted by Gasteiger charge is 2.28. The van der Waals surface area contributed by atoms with Gasteiger partial charge in [-0.2, -0.15) is 5.10 Å². The number of fused-ring (bicyclic) bond motifs is 1. The Bertz CT molecular complexity index is 1180. The Morgan fingerprint density at radius 3 is 2.55 bits per heavy atom. The molecule has 3 aromatic rings. The molecule has 1 aliphatic rings. The van der Waals surface area contributed by atoms with Crippen LogP contribution in [0.3, 0.4) is 0 Å². The van der Waals surface area contributed by atoms with Crippen molar-refractivity contribution in [2.24, 2.45) is 0 Å². The van der Waals surface area contributed by atoms with E-state index in [0.29, 0.717) is 40.9 Å². The highest BCUT2D eigenvalue weighted by molar-refractivity contribution is 7.93. The smallest absolute Gasteiger partial charge is 0.256 e. The fourth-order valence-electron chi connectivity index (χ4n) is 3.55. The fourth-order valence-corrected chi connectivity index (χ4v) is 5.11. The van der Waals surface area contributed by atoms with Crippen LogP contribution < -0.4 is 9.62 Å². The van der Waals surface area contributed by atoms with E-state index in [4.69, 9.17) is 0 Å². The molecule has 0 spiro atoms. The molecule has 0 saturated carbocycles. The van der Waals surface area contributed by atoms with E-state index < -0.39 is 10.0 Å². The lowest BCUT2D eigenvalue weighted by atomic mass is 10.1. The molecule has 9 heteroatoms. The number of nitrogens with zero attached hydrogens (tertiary/aromatic N) is 4. The molecule has 1 saturated heterocycles. The monoisotopic (exact) mass is 413 g/mol. The third kappa shape index (κ3) is 3.57. The molecule has 0 aliphatic carbocycles. The minimum Gasteiger partial charge on any atom is -0.322 e. The number of hydrogen-bond acceptors (Lipinski definition) is 5. The zero-order valence-electron chi connectivity index (χ0n) is 16.6. The maximum atomic E-state index is 12.9. The van der Waals surface area contributed by atoms with E-state index in [9.17, 15) is 13.2 Å². The summed E-state index contributed by atoms with van der Waals surface area (Å²) in [5.41, 5.74) is 3.13. The Hall–Kier alpha value is -2.94. The molecule has 0 atom stereocenters. The van der Waals surface area contributed by atoms with Crippen molar-refractivity contribution >= 4 is 38.3 Å². The molecule has 1 aromatic carbocycles. The molecule has 1 N–H and O–H groups in total. The topological polar surface area (TPSA) is 97.2 Å². The predicted octanol–water partition coefficient (Wildman–Crippen LogP) is 3.11. The molecule has 0 radical (unpaired) electrons. The average Bonchev–Trinajstić information content (AvgIpc) is 3.24. The van der Waals surface area contributed by atoms with Crippen LogP contribution in [-0.2, 0) is 10.0 Å². The Kier molecular flexibility index (Phi) is 4.77. The normalized spacial score (nSPS) is 15.9. The lowest BCUT2D eigenvalue weighted by Crippen LogP contribution is -2.25. The molecule has 152 valence electrons. The van der Waals surface area contributed by atoms with Crippen molar-refractivity contribution in [1.82, 2.24) is 14.8 Å². The first kappa shape index (κ1) is 19.4. The number of benzene rings is 1. The van der Waals surface area contributed by atoms with Gasteiger partial charge in [-0.3, -0.25) is 9.10 Å². The van der Waals surface area contributed by atoms with Gasteiger partial charge in [0.25, 0.3) is 5.91 Å². The number of hydrogen-bond donors (Lipinski definition) is 1. The molecule has 2 aromatic heterocycles. The number of rotatable bonds is 4. The Labute approximate surface area is 169 Å². The molecule has 4 rings (SSSR count). The average molecular weight is 414 g/mol. The van der Waals surface area contributed by atoms with Crippen molar-refractivity contribution in [3.8, 4) is 0 Å². The summed E-state index contributed by atoms with van der Waals surface area (Å²) in [5, 5.41) is 7.95. The molecule has 1 amide bonds. The number of anilines is 2. The van der Waals surface area contributed by atoms with Gasteiger partial charge < -0.3 is 5.32 Å². The molecule has 1 fully saturated rings. The number of amides is 1. The summed E-state index contributed by atoms with van der Waals surface area (Å²) in [4.78, 5) is 17.5. The highest BCUT2D eigenvalue weighted by Crippen LogP contribution is 2.26. The number of nitrogens with one attached hydrogen (secondary N) is 1. The number of aryl methyl sites for hydroxylation is 1. The number of carbonyl (C=O) groups is 1. The highest BCUT2D eigenvalue weighted by atomic mass is 32.2. The van der Waals surface area contributed by atoms with Crippen molar-refractivity contribution in [2.75, 3.05) is 21.9 Å². The lowest BCUT2D eigenvalue weighted by Gasteiger charge is -2.17. The van der Waals surface area contributed by atoms with E-state index in [0.717, 1.165) is 5.69 Å². The van der Waals surface area contributed by atoms with Crippen molar-refractivity contribution < 1.29 is 13.2 Å². The van der Waals surface area contributed by atoms with Crippen LogP contribution in [-0.4, -0.2) is 41.4 Å². The van der Waals surface area contributed by atoms with Crippen LogP contribution in [0.4, 0.5) is 11.4 Å². The van der Waals surface area contributed by atoms with Gasteiger partial charge >= 0.3 is 0 Å². The van der Waals surface area contributed by atoms with Crippen molar-refractivity contribution in [1.29, 1.82) is 0 Å². The molecular weight excluding hydrogens is 390 g/mol. The summed E-state index contributed by atoms with van der Waals surface area (Å²) in [5.74, 6) is -0.0854. The van der Waals surface area contributed by atoms with E-state index in [1.54, 1.807) is 41.2 Å². The Balaban J connectivity index is 1.60. The first-order valence-corrected chi connectivity index (χ1v) is 11.1. The largest absolute Gasteiger partial charge is 0.322 e. The van der Waals surface area contributed by atoms with Gasteiger partial charge in [0.05, 0.1) is 28.6 Å². The van der Waals surface area contributed by atoms with Crippen molar-refractivity contribution in [3.63, 3.8) is 0 Å². The third-order valence-corrected chi connectivity index (χ3v) is 6.81. The second-order valence-electron chi connectivity index (χ2n) is 7.47. The first-order valence-electron chi connectivity index (χ1n) is 9.53. The molecule has 1 aliphatic heterocycles. The van der Waals surface area contributed by atoms with Gasteiger partial charge in [0, 0.05) is 24.0 Å². The predicted molar refractivity (Wildman–Crippen MR) is 113 cm³/mol. The summed E-state index contributed by atoms with van der Waals surface area (Å²) in [6.45, 7) is 6.36. The standard InChI is InChI=1S/C20H23N5O3S/c1-13(2)25-19-18(12-21-25)17(11-14(3)22-19)20(26)23-15-5-7-16(8-6-15)24-9-4-10-29(24,27)28/h5-8,11-13H,4,9-10H2,1-3H3,(H,23,26). The van der Waals surface area contributed by atoms with Crippen LogP contribution in [0.2, 0.25) is 0 Å². The third-order valence-electron chi connectivity index (χ3n) is 4.94. The zero-order chi connectivity index (χ0) is 20.8. The van der Waals surface area contributed by atoms with Crippen LogP contribution in [0, 0.1) is 6.92 Å². The van der Waals surface area contributed by atoms with E-state index >= 15 is 0 Å². The van der Waals surface area contributed by atoms with Crippen molar-refractivity contribution in [2.45, 2.75) is 33.2 Å². The first-order chi connectivity index (χ1) is 13.8. The van der Waals surface area contributed by atoms with Crippen LogP contribution in [0.5, 0.6) is 0 Å². The maximum Gasteiger partial charge on any atom is 0.256 e. The van der Waals surface area contributed by atoms with Gasteiger partial charge in [0.1, 0.15) is 0 Å². The van der Waals surface area contributed by atoms with Gasteiger partial charge in [-0.25, -0.2) is 18.1 Å². The summed E-state index contributed by atoms with van der Waals surface area (Å²) in [6.07, 6.45) is 2.29. The second-order valence-corrected chi connectivity index (χ2v) is 9.49. The molecule has 0 bridgehead atoms. The lowest BCUT2D eigenvalue weighted by molar-refractivity contribution is 0.102. The van der Waals surface area contributed by atoms with Crippen LogP contribution in [0.25, 0.3) is 11.0 Å². The van der Waals surface area contributed by atoms with Gasteiger partial charge in [-0.1, -0.05) is 0 Å². The van der Waals surface area contributed by atoms with Gasteiger partial charge in [0.2, 0.25) is 10.0 Å².